The van der Waals surface area contributed by atoms with E-state index in [1.807, 2.05) is 4.72 Å². The predicted molar refractivity (Wildman–Crippen MR) is 81.6 cm³/mol. The van der Waals surface area contributed by atoms with Crippen LogP contribution in [-0.2, 0) is 21.0 Å². The molecule has 0 atom stereocenters. The van der Waals surface area contributed by atoms with Gasteiger partial charge in [0, 0.05) is 11.8 Å². The fraction of sp³-hybridized carbons (Fsp3) is 0.133. The summed E-state index contributed by atoms with van der Waals surface area (Å²) in [6.45, 7) is -0.822. The Hall–Kier alpha value is -2.53. The van der Waals surface area contributed by atoms with Crippen molar-refractivity contribution in [3.63, 3.8) is 0 Å². The summed E-state index contributed by atoms with van der Waals surface area (Å²) in [5.74, 6) is -3.27. The summed E-state index contributed by atoms with van der Waals surface area (Å²) in [6, 6.07) is 5.48. The number of halogens is 5. The van der Waals surface area contributed by atoms with E-state index >= 15 is 0 Å². The van der Waals surface area contributed by atoms with Gasteiger partial charge in [0.15, 0.2) is 11.6 Å². The van der Waals surface area contributed by atoms with Crippen molar-refractivity contribution in [1.82, 2.24) is 4.72 Å². The summed E-state index contributed by atoms with van der Waals surface area (Å²) in [4.78, 5) is 11.0. The molecular weight excluding hydrogens is 383 g/mol. The Morgan fingerprint density at radius 1 is 1.00 bits per heavy atom. The van der Waals surface area contributed by atoms with E-state index in [-0.39, 0.29) is 5.69 Å². The Morgan fingerprint density at radius 2 is 1.69 bits per heavy atom. The molecule has 140 valence electrons. The monoisotopic (exact) mass is 394 g/mol. The molecule has 0 spiro atoms. The fourth-order valence-corrected chi connectivity index (χ4v) is 2.89. The van der Waals surface area contributed by atoms with Crippen molar-refractivity contribution in [2.24, 2.45) is 0 Å². The average Bonchev–Trinajstić information content (AvgIpc) is 2.56. The molecule has 0 heterocycles. The molecule has 26 heavy (non-hydrogen) atoms. The van der Waals surface area contributed by atoms with E-state index < -0.39 is 50.7 Å². The molecule has 0 aliphatic carbocycles. The van der Waals surface area contributed by atoms with Crippen molar-refractivity contribution in [2.75, 3.05) is 11.9 Å². The molecule has 0 saturated heterocycles. The number of anilines is 1. The summed E-state index contributed by atoms with van der Waals surface area (Å²) in [6.07, 6.45) is -4.73. The number of carbonyl (C=O) groups excluding carboxylic acids is 1. The molecule has 2 aromatic carbocycles. The van der Waals surface area contributed by atoms with Crippen molar-refractivity contribution in [3.8, 4) is 0 Å². The van der Waals surface area contributed by atoms with E-state index in [0.29, 0.717) is 18.2 Å². The number of amides is 1. The molecule has 0 aromatic heterocycles. The lowest BCUT2D eigenvalue weighted by molar-refractivity contribution is -0.137. The quantitative estimate of drug-likeness (QED) is 0.766. The lowest BCUT2D eigenvalue weighted by Gasteiger charge is -2.10. The summed E-state index contributed by atoms with van der Waals surface area (Å²) in [5, 5.41) is 2.12. The maximum atomic E-state index is 13.0. The van der Waals surface area contributed by atoms with E-state index in [1.165, 1.54) is 0 Å². The van der Waals surface area contributed by atoms with E-state index in [9.17, 15) is 35.2 Å². The molecule has 11 heteroatoms. The zero-order valence-electron chi connectivity index (χ0n) is 12.8. The van der Waals surface area contributed by atoms with Crippen molar-refractivity contribution in [3.05, 3.63) is 59.7 Å². The zero-order chi connectivity index (χ0) is 19.5. The SMILES string of the molecule is O=C(CNS(=O)(=O)c1cccc(C(F)(F)F)c1)Nc1ccc(F)c(F)c1. The highest BCUT2D eigenvalue weighted by molar-refractivity contribution is 7.89. The first-order valence-electron chi connectivity index (χ1n) is 6.91. The lowest BCUT2D eigenvalue weighted by atomic mass is 10.2. The first-order chi connectivity index (χ1) is 12.0. The van der Waals surface area contributed by atoms with Crippen LogP contribution in [0.1, 0.15) is 5.56 Å². The largest absolute Gasteiger partial charge is 0.416 e. The molecule has 2 N–H and O–H groups in total. The van der Waals surface area contributed by atoms with Crippen molar-refractivity contribution in [2.45, 2.75) is 11.1 Å². The molecular formula is C15H11F5N2O3S. The van der Waals surface area contributed by atoms with Crippen LogP contribution in [0, 0.1) is 11.6 Å². The maximum absolute atomic E-state index is 13.0. The van der Waals surface area contributed by atoms with Crippen LogP contribution < -0.4 is 10.0 Å². The van der Waals surface area contributed by atoms with Crippen molar-refractivity contribution in [1.29, 1.82) is 0 Å². The molecule has 0 radical (unpaired) electrons. The van der Waals surface area contributed by atoms with Crippen LogP contribution in [0.4, 0.5) is 27.6 Å². The van der Waals surface area contributed by atoms with Crippen molar-refractivity contribution >= 4 is 21.6 Å². The number of alkyl halides is 3. The first-order valence-corrected chi connectivity index (χ1v) is 8.39. The van der Waals surface area contributed by atoms with Gasteiger partial charge in [-0.15, -0.1) is 0 Å². The number of carbonyl (C=O) groups is 1. The van der Waals surface area contributed by atoms with Crippen LogP contribution in [0.25, 0.3) is 0 Å². The minimum Gasteiger partial charge on any atom is -0.325 e. The Morgan fingerprint density at radius 3 is 2.31 bits per heavy atom. The van der Waals surface area contributed by atoms with Gasteiger partial charge < -0.3 is 5.32 Å². The van der Waals surface area contributed by atoms with Gasteiger partial charge in [0.25, 0.3) is 0 Å². The van der Waals surface area contributed by atoms with E-state index in [2.05, 4.69) is 5.32 Å². The molecule has 5 nitrogen and oxygen atoms in total. The smallest absolute Gasteiger partial charge is 0.325 e. The van der Waals surface area contributed by atoms with Gasteiger partial charge >= 0.3 is 6.18 Å². The Balaban J connectivity index is 2.05. The van der Waals surface area contributed by atoms with Gasteiger partial charge in [0.2, 0.25) is 15.9 Å². The molecule has 0 aliphatic rings. The maximum Gasteiger partial charge on any atom is 0.416 e. The van der Waals surface area contributed by atoms with Gasteiger partial charge in [-0.3, -0.25) is 4.79 Å². The molecule has 0 fully saturated rings. The molecule has 0 saturated carbocycles. The van der Waals surface area contributed by atoms with Crippen LogP contribution >= 0.6 is 0 Å². The highest BCUT2D eigenvalue weighted by Gasteiger charge is 2.31. The summed E-state index contributed by atoms with van der Waals surface area (Å²) < 4.78 is 89.5. The topological polar surface area (TPSA) is 75.3 Å². The zero-order valence-corrected chi connectivity index (χ0v) is 13.6. The minimum atomic E-state index is -4.73. The highest BCUT2D eigenvalue weighted by atomic mass is 32.2. The molecule has 0 aliphatic heterocycles. The Labute approximate surface area is 144 Å². The summed E-state index contributed by atoms with van der Waals surface area (Å²) >= 11 is 0. The summed E-state index contributed by atoms with van der Waals surface area (Å²) in [5.41, 5.74) is -1.28. The highest BCUT2D eigenvalue weighted by Crippen LogP contribution is 2.30. The average molecular weight is 394 g/mol. The second-order valence-corrected chi connectivity index (χ2v) is 6.79. The normalized spacial score (nSPS) is 12.0. The first kappa shape index (κ1) is 19.8. The van der Waals surface area contributed by atoms with Gasteiger partial charge in [0.1, 0.15) is 0 Å². The molecule has 2 rings (SSSR count). The number of hydrogen-bond acceptors (Lipinski definition) is 3. The number of benzene rings is 2. The number of nitrogens with one attached hydrogen (secondary N) is 2. The van der Waals surface area contributed by atoms with Gasteiger partial charge in [-0.1, -0.05) is 6.07 Å². The standard InChI is InChI=1S/C15H11F5N2O3S/c16-12-5-4-10(7-13(12)17)22-14(23)8-21-26(24,25)11-3-1-2-9(6-11)15(18,19)20/h1-7,21H,8H2,(H,22,23). The predicted octanol–water partition coefficient (Wildman–Crippen LogP) is 2.90. The van der Waals surface area contributed by atoms with Crippen LogP contribution in [0.3, 0.4) is 0 Å². The van der Waals surface area contributed by atoms with E-state index in [0.717, 1.165) is 24.3 Å². The van der Waals surface area contributed by atoms with Crippen LogP contribution in [0.15, 0.2) is 47.4 Å². The van der Waals surface area contributed by atoms with Gasteiger partial charge in [-0.25, -0.2) is 21.9 Å². The molecule has 0 unspecified atom stereocenters. The third-order valence-electron chi connectivity index (χ3n) is 3.10. The number of hydrogen-bond donors (Lipinski definition) is 2. The second kappa shape index (κ2) is 7.38. The molecule has 0 bridgehead atoms. The third kappa shape index (κ3) is 4.99. The van der Waals surface area contributed by atoms with E-state index in [1.54, 1.807) is 0 Å². The van der Waals surface area contributed by atoms with Crippen molar-refractivity contribution < 1.29 is 35.2 Å². The van der Waals surface area contributed by atoms with Gasteiger partial charge in [-0.2, -0.15) is 13.2 Å². The number of rotatable bonds is 5. The number of sulfonamides is 1. The van der Waals surface area contributed by atoms with Gasteiger partial charge in [-0.05, 0) is 30.3 Å². The lowest BCUT2D eigenvalue weighted by Crippen LogP contribution is -2.33. The Kier molecular flexibility index (Phi) is 5.62. The summed E-state index contributed by atoms with van der Waals surface area (Å²) in [7, 11) is -4.39. The minimum absolute atomic E-state index is 0.118. The third-order valence-corrected chi connectivity index (χ3v) is 4.50. The van der Waals surface area contributed by atoms with Crippen LogP contribution in [0.2, 0.25) is 0 Å². The second-order valence-electron chi connectivity index (χ2n) is 5.03. The van der Waals surface area contributed by atoms with Crippen LogP contribution in [-0.4, -0.2) is 20.9 Å². The van der Waals surface area contributed by atoms with E-state index in [4.69, 9.17) is 0 Å². The van der Waals surface area contributed by atoms with Crippen LogP contribution in [0.5, 0.6) is 0 Å². The Bertz CT molecular complexity index is 929. The molecule has 2 aromatic rings. The van der Waals surface area contributed by atoms with Gasteiger partial charge in [0.05, 0.1) is 17.0 Å². The molecule has 1 amide bonds. The fourth-order valence-electron chi connectivity index (χ4n) is 1.86.